The van der Waals surface area contributed by atoms with Gasteiger partial charge in [0.1, 0.15) is 11.1 Å². The molecule has 1 N–H and O–H groups in total. The minimum absolute atomic E-state index is 0.154. The van der Waals surface area contributed by atoms with Gasteiger partial charge in [0.2, 0.25) is 5.91 Å². The summed E-state index contributed by atoms with van der Waals surface area (Å²) in [7, 11) is 0. The Balaban J connectivity index is 2.07. The number of nitrogens with one attached hydrogen (secondary N) is 1. The fourth-order valence-electron chi connectivity index (χ4n) is 2.01. The second-order valence-electron chi connectivity index (χ2n) is 5.08. The standard InChI is InChI=1S/C17H16ClN3OS/c1-10-11(2)15(8-19)17(20-12(10)3)23-9-16(22)21-14-6-4-13(18)5-7-14/h4-7H,9H2,1-3H3,(H,21,22). The van der Waals surface area contributed by atoms with Gasteiger partial charge in [-0.2, -0.15) is 5.26 Å². The number of benzene rings is 1. The Labute approximate surface area is 144 Å². The van der Waals surface area contributed by atoms with Crippen molar-refractivity contribution in [1.82, 2.24) is 4.98 Å². The number of aryl methyl sites for hydroxylation is 1. The molecule has 1 heterocycles. The van der Waals surface area contributed by atoms with Crippen LogP contribution in [-0.2, 0) is 4.79 Å². The van der Waals surface area contributed by atoms with Gasteiger partial charge >= 0.3 is 0 Å². The van der Waals surface area contributed by atoms with E-state index < -0.39 is 0 Å². The summed E-state index contributed by atoms with van der Waals surface area (Å²) in [5, 5.41) is 13.3. The highest BCUT2D eigenvalue weighted by molar-refractivity contribution is 8.00. The number of anilines is 1. The number of hydrogen-bond acceptors (Lipinski definition) is 4. The Morgan fingerprint density at radius 1 is 1.26 bits per heavy atom. The molecule has 4 nitrogen and oxygen atoms in total. The van der Waals surface area contributed by atoms with Crippen molar-refractivity contribution < 1.29 is 4.79 Å². The molecular weight excluding hydrogens is 330 g/mol. The molecular formula is C17H16ClN3OS. The summed E-state index contributed by atoms with van der Waals surface area (Å²) >= 11 is 7.08. The molecule has 0 saturated carbocycles. The van der Waals surface area contributed by atoms with E-state index in [9.17, 15) is 10.1 Å². The molecule has 0 bridgehead atoms. The fourth-order valence-corrected chi connectivity index (χ4v) is 3.02. The molecule has 0 aliphatic rings. The second-order valence-corrected chi connectivity index (χ2v) is 6.48. The zero-order valence-corrected chi connectivity index (χ0v) is 14.7. The number of carbonyl (C=O) groups excluding carboxylic acids is 1. The minimum atomic E-state index is -0.154. The number of pyridine rings is 1. The quantitative estimate of drug-likeness (QED) is 0.841. The lowest BCUT2D eigenvalue weighted by Gasteiger charge is -2.11. The number of nitrogens with zero attached hydrogens (tertiary/aromatic N) is 2. The molecule has 1 amide bonds. The summed E-state index contributed by atoms with van der Waals surface area (Å²) in [6.45, 7) is 5.75. The van der Waals surface area contributed by atoms with Crippen LogP contribution in [0.3, 0.4) is 0 Å². The van der Waals surface area contributed by atoms with E-state index in [0.717, 1.165) is 16.8 Å². The maximum atomic E-state index is 12.0. The summed E-state index contributed by atoms with van der Waals surface area (Å²) in [6.07, 6.45) is 0. The lowest BCUT2D eigenvalue weighted by Crippen LogP contribution is -2.14. The highest BCUT2D eigenvalue weighted by Gasteiger charge is 2.14. The van der Waals surface area contributed by atoms with Crippen LogP contribution in [0.2, 0.25) is 5.02 Å². The Morgan fingerprint density at radius 3 is 2.52 bits per heavy atom. The van der Waals surface area contributed by atoms with E-state index in [2.05, 4.69) is 16.4 Å². The molecule has 1 aromatic heterocycles. The van der Waals surface area contributed by atoms with Crippen molar-refractivity contribution >= 4 is 35.0 Å². The van der Waals surface area contributed by atoms with Gasteiger partial charge in [-0.25, -0.2) is 4.98 Å². The van der Waals surface area contributed by atoms with Crippen molar-refractivity contribution in [2.75, 3.05) is 11.1 Å². The third-order valence-electron chi connectivity index (χ3n) is 3.54. The third-order valence-corrected chi connectivity index (χ3v) is 4.77. The Morgan fingerprint density at radius 2 is 1.91 bits per heavy atom. The first kappa shape index (κ1) is 17.3. The van der Waals surface area contributed by atoms with Crippen LogP contribution < -0.4 is 5.32 Å². The summed E-state index contributed by atoms with van der Waals surface area (Å²) in [6, 6.07) is 9.09. The van der Waals surface area contributed by atoms with E-state index in [1.807, 2.05) is 20.8 Å². The number of hydrogen-bond donors (Lipinski definition) is 1. The maximum absolute atomic E-state index is 12.0. The zero-order valence-electron chi connectivity index (χ0n) is 13.1. The lowest BCUT2D eigenvalue weighted by atomic mass is 10.1. The monoisotopic (exact) mass is 345 g/mol. The van der Waals surface area contributed by atoms with Gasteiger partial charge in [-0.15, -0.1) is 0 Å². The van der Waals surface area contributed by atoms with Crippen molar-refractivity contribution in [2.24, 2.45) is 0 Å². The van der Waals surface area contributed by atoms with Gasteiger partial charge in [-0.1, -0.05) is 23.4 Å². The van der Waals surface area contributed by atoms with Crippen LogP contribution in [-0.4, -0.2) is 16.6 Å². The van der Waals surface area contributed by atoms with Crippen LogP contribution in [0.25, 0.3) is 0 Å². The number of rotatable bonds is 4. The molecule has 0 atom stereocenters. The van der Waals surface area contributed by atoms with Crippen molar-refractivity contribution in [2.45, 2.75) is 25.8 Å². The van der Waals surface area contributed by atoms with Crippen LogP contribution in [0.15, 0.2) is 29.3 Å². The molecule has 0 unspecified atom stereocenters. The molecule has 23 heavy (non-hydrogen) atoms. The SMILES string of the molecule is Cc1nc(SCC(=O)Nc2ccc(Cl)cc2)c(C#N)c(C)c1C. The van der Waals surface area contributed by atoms with Crippen LogP contribution in [0.1, 0.15) is 22.4 Å². The third kappa shape index (κ3) is 4.25. The van der Waals surface area contributed by atoms with Crippen LogP contribution in [0.4, 0.5) is 5.69 Å². The highest BCUT2D eigenvalue weighted by atomic mass is 35.5. The van der Waals surface area contributed by atoms with Crippen molar-refractivity contribution in [3.63, 3.8) is 0 Å². The van der Waals surface area contributed by atoms with Gasteiger partial charge < -0.3 is 5.32 Å². The summed E-state index contributed by atoms with van der Waals surface area (Å²) in [5.74, 6) is 0.0330. The normalized spacial score (nSPS) is 10.2. The summed E-state index contributed by atoms with van der Waals surface area (Å²) in [5.41, 5.74) is 4.03. The van der Waals surface area contributed by atoms with Gasteiger partial charge in [0, 0.05) is 16.4 Å². The van der Waals surface area contributed by atoms with E-state index in [-0.39, 0.29) is 11.7 Å². The van der Waals surface area contributed by atoms with Crippen molar-refractivity contribution in [3.8, 4) is 6.07 Å². The first-order valence-corrected chi connectivity index (χ1v) is 8.35. The number of halogens is 1. The van der Waals surface area contributed by atoms with Crippen molar-refractivity contribution in [3.05, 3.63) is 51.7 Å². The van der Waals surface area contributed by atoms with E-state index >= 15 is 0 Å². The topological polar surface area (TPSA) is 65.8 Å². The van der Waals surface area contributed by atoms with E-state index in [4.69, 9.17) is 11.6 Å². The van der Waals surface area contributed by atoms with E-state index in [0.29, 0.717) is 21.3 Å². The molecule has 1 aromatic carbocycles. The molecule has 118 valence electrons. The van der Waals surface area contributed by atoms with Crippen LogP contribution in [0.5, 0.6) is 0 Å². The zero-order chi connectivity index (χ0) is 17.0. The van der Waals surface area contributed by atoms with Crippen LogP contribution >= 0.6 is 23.4 Å². The van der Waals surface area contributed by atoms with Gasteiger partial charge in [0.05, 0.1) is 11.3 Å². The van der Waals surface area contributed by atoms with Gasteiger partial charge in [0.25, 0.3) is 0 Å². The smallest absolute Gasteiger partial charge is 0.234 e. The van der Waals surface area contributed by atoms with Crippen molar-refractivity contribution in [1.29, 1.82) is 5.26 Å². The van der Waals surface area contributed by atoms with E-state index in [1.54, 1.807) is 24.3 Å². The van der Waals surface area contributed by atoms with Gasteiger partial charge in [0.15, 0.2) is 0 Å². The first-order valence-electron chi connectivity index (χ1n) is 6.98. The fraction of sp³-hybridized carbons (Fsp3) is 0.235. The molecule has 0 aliphatic heterocycles. The predicted octanol–water partition coefficient (Wildman–Crippen LogP) is 4.26. The molecule has 0 fully saturated rings. The van der Waals surface area contributed by atoms with Gasteiger partial charge in [-0.3, -0.25) is 4.79 Å². The van der Waals surface area contributed by atoms with Gasteiger partial charge in [-0.05, 0) is 56.2 Å². The summed E-state index contributed by atoms with van der Waals surface area (Å²) < 4.78 is 0. The molecule has 0 spiro atoms. The molecule has 0 radical (unpaired) electrons. The molecule has 0 aliphatic carbocycles. The number of aromatic nitrogens is 1. The Bertz CT molecular complexity index is 782. The Kier molecular flexibility index (Phi) is 5.64. The van der Waals surface area contributed by atoms with Crippen LogP contribution in [0, 0.1) is 32.1 Å². The predicted molar refractivity (Wildman–Crippen MR) is 94.0 cm³/mol. The molecule has 6 heteroatoms. The number of carbonyl (C=O) groups is 1. The average Bonchev–Trinajstić information content (AvgIpc) is 2.53. The number of thioether (sulfide) groups is 1. The average molecular weight is 346 g/mol. The number of amides is 1. The second kappa shape index (κ2) is 7.49. The maximum Gasteiger partial charge on any atom is 0.234 e. The molecule has 2 rings (SSSR count). The highest BCUT2D eigenvalue weighted by Crippen LogP contribution is 2.26. The summed E-state index contributed by atoms with van der Waals surface area (Å²) in [4.78, 5) is 16.5. The number of nitriles is 1. The minimum Gasteiger partial charge on any atom is -0.325 e. The molecule has 2 aromatic rings. The molecule has 0 saturated heterocycles. The van der Waals surface area contributed by atoms with E-state index in [1.165, 1.54) is 11.8 Å². The first-order chi connectivity index (χ1) is 10.9. The lowest BCUT2D eigenvalue weighted by molar-refractivity contribution is -0.113. The largest absolute Gasteiger partial charge is 0.325 e. The Hall–Kier alpha value is -2.03.